The Morgan fingerprint density at radius 3 is 0.949 bits per heavy atom. The highest BCUT2D eigenvalue weighted by molar-refractivity contribution is 7.27. The number of H-pyrrole nitrogens is 1. The van der Waals surface area contributed by atoms with Gasteiger partial charge in [-0.05, 0) is 90.7 Å². The number of thiophene rings is 2. The summed E-state index contributed by atoms with van der Waals surface area (Å²) in [6.07, 6.45) is 0. The number of benzene rings is 8. The summed E-state index contributed by atoms with van der Waals surface area (Å²) in [6.45, 7) is 13.7. The Morgan fingerprint density at radius 1 is 0.322 bits per heavy atom. The molecule has 11 aromatic rings. The number of fused-ring (bicyclic) bond motifs is 9. The molecule has 0 saturated heterocycles. The lowest BCUT2D eigenvalue weighted by Gasteiger charge is -2.19. The molecule has 59 heavy (non-hydrogen) atoms. The van der Waals surface area contributed by atoms with E-state index in [4.69, 9.17) is 0 Å². The van der Waals surface area contributed by atoms with Crippen LogP contribution in [0.5, 0.6) is 0 Å². The summed E-state index contributed by atoms with van der Waals surface area (Å²) in [5, 5.41) is 7.78. The highest BCUT2D eigenvalue weighted by atomic mass is 32.1. The Balaban J connectivity index is 1.01. The fourth-order valence-electron chi connectivity index (χ4n) is 9.08. The molecule has 1 N–H and O–H groups in total. The van der Waals surface area contributed by atoms with Crippen LogP contribution in [-0.2, 0) is 10.8 Å². The topological polar surface area (TPSA) is 15.8 Å². The van der Waals surface area contributed by atoms with Crippen LogP contribution in [0.2, 0.25) is 0 Å². The van der Waals surface area contributed by atoms with Crippen LogP contribution in [0, 0.1) is 0 Å². The first-order valence-corrected chi connectivity index (χ1v) is 22.3. The third kappa shape index (κ3) is 5.93. The quantitative estimate of drug-likeness (QED) is 0.183. The highest BCUT2D eigenvalue weighted by Crippen LogP contribution is 2.47. The average molecular weight is 796 g/mol. The van der Waals surface area contributed by atoms with Crippen molar-refractivity contribution in [1.29, 1.82) is 0 Å². The van der Waals surface area contributed by atoms with Crippen molar-refractivity contribution in [2.75, 3.05) is 0 Å². The SMILES string of the molecule is CC(C)(C)c1ccc(-c2cccc3c2sc2c(-c4ccc5[nH]c6ccc(-c7cccc8c7sc7c(-c9ccc(C(C)(C)C)cc9)cccc78)cc6c5c4)cccc23)cc1. The number of hydrogen-bond acceptors (Lipinski definition) is 2. The van der Waals surface area contributed by atoms with Gasteiger partial charge in [0.2, 0.25) is 0 Å². The zero-order valence-corrected chi connectivity index (χ0v) is 36.0. The minimum atomic E-state index is 0.127. The van der Waals surface area contributed by atoms with Gasteiger partial charge in [0.25, 0.3) is 0 Å². The van der Waals surface area contributed by atoms with Gasteiger partial charge < -0.3 is 4.98 Å². The molecule has 3 heterocycles. The van der Waals surface area contributed by atoms with Gasteiger partial charge in [0.05, 0.1) is 0 Å². The molecule has 0 aliphatic carbocycles. The minimum absolute atomic E-state index is 0.127. The Hall–Kier alpha value is -6.00. The zero-order chi connectivity index (χ0) is 40.2. The second-order valence-corrected chi connectivity index (χ2v) is 20.3. The number of rotatable bonds is 4. The van der Waals surface area contributed by atoms with Crippen LogP contribution >= 0.6 is 22.7 Å². The third-order valence-electron chi connectivity index (χ3n) is 12.4. The monoisotopic (exact) mass is 795 g/mol. The van der Waals surface area contributed by atoms with Crippen LogP contribution in [0.3, 0.4) is 0 Å². The van der Waals surface area contributed by atoms with Crippen molar-refractivity contribution in [2.45, 2.75) is 52.4 Å². The number of aromatic nitrogens is 1. The molecule has 0 radical (unpaired) electrons. The van der Waals surface area contributed by atoms with Gasteiger partial charge in [-0.15, -0.1) is 22.7 Å². The van der Waals surface area contributed by atoms with Crippen LogP contribution < -0.4 is 0 Å². The van der Waals surface area contributed by atoms with Crippen molar-refractivity contribution < 1.29 is 0 Å². The van der Waals surface area contributed by atoms with Gasteiger partial charge in [0.15, 0.2) is 0 Å². The molecule has 0 amide bonds. The van der Waals surface area contributed by atoms with E-state index >= 15 is 0 Å². The Kier molecular flexibility index (Phi) is 8.11. The molecular formula is C56H45NS2. The molecule has 0 fully saturated rings. The van der Waals surface area contributed by atoms with Gasteiger partial charge in [-0.25, -0.2) is 0 Å². The zero-order valence-electron chi connectivity index (χ0n) is 34.3. The predicted octanol–water partition coefficient (Wildman–Crippen LogP) is 17.3. The Morgan fingerprint density at radius 2 is 0.627 bits per heavy atom. The van der Waals surface area contributed by atoms with Gasteiger partial charge in [0, 0.05) is 62.2 Å². The maximum atomic E-state index is 3.74. The fraction of sp³-hybridized carbons (Fsp3) is 0.143. The van der Waals surface area contributed by atoms with Gasteiger partial charge in [-0.1, -0.05) is 175 Å². The molecule has 0 bridgehead atoms. The first-order valence-electron chi connectivity index (χ1n) is 20.7. The molecule has 0 saturated carbocycles. The third-order valence-corrected chi connectivity index (χ3v) is 15.0. The van der Waals surface area contributed by atoms with E-state index < -0.39 is 0 Å². The lowest BCUT2D eigenvalue weighted by molar-refractivity contribution is 0.590. The van der Waals surface area contributed by atoms with Crippen LogP contribution in [0.1, 0.15) is 52.7 Å². The summed E-state index contributed by atoms with van der Waals surface area (Å²) in [7, 11) is 0. The fourth-order valence-corrected chi connectivity index (χ4v) is 11.8. The normalized spacial score (nSPS) is 12.6. The largest absolute Gasteiger partial charge is 0.355 e. The van der Waals surface area contributed by atoms with Crippen LogP contribution in [-0.4, -0.2) is 4.98 Å². The lowest BCUT2D eigenvalue weighted by Crippen LogP contribution is -2.10. The average Bonchev–Trinajstić information content (AvgIpc) is 3.94. The maximum Gasteiger partial charge on any atom is 0.0465 e. The Labute approximate surface area is 353 Å². The van der Waals surface area contributed by atoms with Crippen molar-refractivity contribution >= 4 is 84.8 Å². The first kappa shape index (κ1) is 36.1. The summed E-state index contributed by atoms with van der Waals surface area (Å²) < 4.78 is 5.36. The van der Waals surface area contributed by atoms with Gasteiger partial charge in [0.1, 0.15) is 0 Å². The van der Waals surface area contributed by atoms with Crippen LogP contribution in [0.25, 0.3) is 107 Å². The summed E-state index contributed by atoms with van der Waals surface area (Å²) in [6, 6.07) is 59.5. The maximum absolute atomic E-state index is 3.74. The second kappa shape index (κ2) is 13.3. The smallest absolute Gasteiger partial charge is 0.0465 e. The second-order valence-electron chi connectivity index (χ2n) is 18.2. The first-order chi connectivity index (χ1) is 28.5. The van der Waals surface area contributed by atoms with E-state index in [1.807, 2.05) is 22.7 Å². The predicted molar refractivity (Wildman–Crippen MR) is 261 cm³/mol. The van der Waals surface area contributed by atoms with Crippen molar-refractivity contribution in [2.24, 2.45) is 0 Å². The van der Waals surface area contributed by atoms with E-state index in [0.717, 1.165) is 11.0 Å². The van der Waals surface area contributed by atoms with Crippen molar-refractivity contribution in [3.05, 3.63) is 169 Å². The molecule has 1 nitrogen and oxygen atoms in total. The lowest BCUT2D eigenvalue weighted by atomic mass is 9.86. The van der Waals surface area contributed by atoms with E-state index in [1.54, 1.807) is 0 Å². The summed E-state index contributed by atoms with van der Waals surface area (Å²) >= 11 is 3.84. The van der Waals surface area contributed by atoms with E-state index in [1.165, 1.54) is 107 Å². The van der Waals surface area contributed by atoms with Crippen molar-refractivity contribution in [1.82, 2.24) is 4.98 Å². The van der Waals surface area contributed by atoms with Crippen molar-refractivity contribution in [3.63, 3.8) is 0 Å². The van der Waals surface area contributed by atoms with Gasteiger partial charge in [-0.3, -0.25) is 0 Å². The van der Waals surface area contributed by atoms with E-state index in [-0.39, 0.29) is 10.8 Å². The molecule has 0 spiro atoms. The molecule has 11 rings (SSSR count). The number of nitrogens with one attached hydrogen (secondary N) is 1. The molecule has 0 atom stereocenters. The van der Waals surface area contributed by atoms with Crippen LogP contribution in [0.4, 0.5) is 0 Å². The summed E-state index contributed by atoms with van der Waals surface area (Å²) in [5.41, 5.74) is 15.5. The molecule has 0 aliphatic heterocycles. The van der Waals surface area contributed by atoms with E-state index in [2.05, 4.69) is 204 Å². The Bertz CT molecular complexity index is 3200. The molecule has 0 aliphatic rings. The minimum Gasteiger partial charge on any atom is -0.355 e. The van der Waals surface area contributed by atoms with Crippen molar-refractivity contribution in [3.8, 4) is 44.5 Å². The van der Waals surface area contributed by atoms with Gasteiger partial charge in [-0.2, -0.15) is 0 Å². The summed E-state index contributed by atoms with van der Waals surface area (Å²) in [4.78, 5) is 3.74. The molecule has 0 unspecified atom stereocenters. The highest BCUT2D eigenvalue weighted by Gasteiger charge is 2.19. The molecule has 3 heteroatoms. The van der Waals surface area contributed by atoms with Crippen LogP contribution in [0.15, 0.2) is 158 Å². The van der Waals surface area contributed by atoms with E-state index in [9.17, 15) is 0 Å². The molecule has 286 valence electrons. The summed E-state index contributed by atoms with van der Waals surface area (Å²) in [5.74, 6) is 0. The molecular weight excluding hydrogens is 751 g/mol. The van der Waals surface area contributed by atoms with Gasteiger partial charge >= 0.3 is 0 Å². The van der Waals surface area contributed by atoms with E-state index in [0.29, 0.717) is 0 Å². The molecule has 3 aromatic heterocycles. The number of hydrogen-bond donors (Lipinski definition) is 1. The molecule has 8 aromatic carbocycles. The standard InChI is InChI=1S/C56H45NS2/c1-55(2,3)37-25-19-33(20-26-37)39-11-7-15-43-45-17-9-13-41(53(45)58-51(39)43)35-23-29-49-47(31-35)48-32-36(24-30-50(48)57-49)42-14-10-18-46-44-16-8-12-40(52(44)59-54(42)46)34-21-27-38(28-22-34)56(4,5)6/h7-32,57H,1-6H3. The number of aromatic amines is 1.